The van der Waals surface area contributed by atoms with Crippen LogP contribution in [0.25, 0.3) is 0 Å². The van der Waals surface area contributed by atoms with Crippen molar-refractivity contribution >= 4 is 40.0 Å². The van der Waals surface area contributed by atoms with Gasteiger partial charge in [0, 0.05) is 12.5 Å². The third kappa shape index (κ3) is 5.80. The number of hydrazine groups is 1. The number of carbonyl (C=O) groups is 2. The Hall–Kier alpha value is -1.35. The Morgan fingerprint density at radius 3 is 2.64 bits per heavy atom. The summed E-state index contributed by atoms with van der Waals surface area (Å²) in [4.78, 5) is 23.4. The number of nitrogens with one attached hydrogen (secondary N) is 3. The highest BCUT2D eigenvalue weighted by Crippen LogP contribution is 2.31. The van der Waals surface area contributed by atoms with Crippen molar-refractivity contribution < 1.29 is 9.59 Å². The maximum atomic E-state index is 11.9. The number of aromatic nitrogens is 2. The molecule has 1 aliphatic carbocycles. The van der Waals surface area contributed by atoms with Crippen LogP contribution in [0.4, 0.5) is 5.13 Å². The zero-order chi connectivity index (χ0) is 16.1. The van der Waals surface area contributed by atoms with Gasteiger partial charge in [-0.3, -0.25) is 20.4 Å². The van der Waals surface area contributed by atoms with E-state index >= 15 is 0 Å². The van der Waals surface area contributed by atoms with Crippen molar-refractivity contribution in [2.24, 2.45) is 5.92 Å². The number of anilines is 1. The zero-order valence-corrected chi connectivity index (χ0v) is 14.5. The number of carbonyl (C=O) groups excluding carboxylic acids is 2. The van der Waals surface area contributed by atoms with E-state index in [1.165, 1.54) is 35.9 Å². The lowest BCUT2D eigenvalue weighted by molar-refractivity contribution is -0.128. The predicted molar refractivity (Wildman–Crippen MR) is 87.6 cm³/mol. The summed E-state index contributed by atoms with van der Waals surface area (Å²) in [7, 11) is 0. The Kier molecular flexibility index (Phi) is 6.01. The van der Waals surface area contributed by atoms with Crippen LogP contribution in [0.3, 0.4) is 0 Å². The van der Waals surface area contributed by atoms with Crippen LogP contribution in [0.2, 0.25) is 0 Å². The first-order valence-corrected chi connectivity index (χ1v) is 8.99. The summed E-state index contributed by atoms with van der Waals surface area (Å²) in [5, 5.41) is 11.8. The van der Waals surface area contributed by atoms with E-state index in [0.717, 1.165) is 9.47 Å². The highest BCUT2D eigenvalue weighted by Gasteiger charge is 2.23. The van der Waals surface area contributed by atoms with Gasteiger partial charge in [-0.1, -0.05) is 36.9 Å². The molecule has 9 heteroatoms. The first-order valence-electron chi connectivity index (χ1n) is 7.29. The summed E-state index contributed by atoms with van der Waals surface area (Å²) in [6.45, 7) is 5.66. The minimum Gasteiger partial charge on any atom is -0.357 e. The molecule has 3 N–H and O–H groups in total. The van der Waals surface area contributed by atoms with Crippen molar-refractivity contribution in [3.63, 3.8) is 0 Å². The average molecular weight is 343 g/mol. The second-order valence-corrected chi connectivity index (χ2v) is 8.25. The molecular weight excluding hydrogens is 322 g/mol. The van der Waals surface area contributed by atoms with Crippen LogP contribution in [-0.2, 0) is 9.59 Å². The molecule has 1 saturated carbocycles. The van der Waals surface area contributed by atoms with Gasteiger partial charge in [0.25, 0.3) is 5.91 Å². The quantitative estimate of drug-likeness (QED) is 0.516. The van der Waals surface area contributed by atoms with Crippen molar-refractivity contribution in [2.75, 3.05) is 5.32 Å². The summed E-state index contributed by atoms with van der Waals surface area (Å²) in [5.74, 6) is -0.191. The fraction of sp³-hybridized carbons (Fsp3) is 0.692. The molecule has 0 radical (unpaired) electrons. The molecule has 0 aromatic carbocycles. The molecule has 0 saturated heterocycles. The van der Waals surface area contributed by atoms with Gasteiger partial charge in [0.05, 0.1) is 5.25 Å². The summed E-state index contributed by atoms with van der Waals surface area (Å²) in [5.41, 5.74) is 4.86. The Bertz CT molecular complexity index is 530. The molecule has 7 nitrogen and oxygen atoms in total. The largest absolute Gasteiger partial charge is 0.357 e. The summed E-state index contributed by atoms with van der Waals surface area (Å²) < 4.78 is 0.735. The van der Waals surface area contributed by atoms with Crippen molar-refractivity contribution in [1.29, 1.82) is 0 Å². The minimum absolute atomic E-state index is 0.188. The van der Waals surface area contributed by atoms with Gasteiger partial charge in [0.2, 0.25) is 11.0 Å². The zero-order valence-electron chi connectivity index (χ0n) is 12.9. The SMILES string of the molecule is CC(C)CC(=O)NNC(=O)C(C)Sc1nnc(NC2CC2)s1. The number of hydrogen-bond donors (Lipinski definition) is 3. The van der Waals surface area contributed by atoms with Crippen LogP contribution in [0.15, 0.2) is 4.34 Å². The fourth-order valence-electron chi connectivity index (χ4n) is 1.58. The van der Waals surface area contributed by atoms with Crippen LogP contribution < -0.4 is 16.2 Å². The normalized spacial score (nSPS) is 15.5. The van der Waals surface area contributed by atoms with Crippen LogP contribution in [0.1, 0.15) is 40.0 Å². The van der Waals surface area contributed by atoms with E-state index in [9.17, 15) is 9.59 Å². The number of nitrogens with zero attached hydrogens (tertiary/aromatic N) is 2. The molecule has 2 rings (SSSR count). The van der Waals surface area contributed by atoms with Gasteiger partial charge in [0.15, 0.2) is 4.34 Å². The van der Waals surface area contributed by atoms with E-state index in [2.05, 4.69) is 26.4 Å². The molecule has 0 bridgehead atoms. The van der Waals surface area contributed by atoms with E-state index < -0.39 is 0 Å². The van der Waals surface area contributed by atoms with Gasteiger partial charge < -0.3 is 5.32 Å². The predicted octanol–water partition coefficient (Wildman–Crippen LogP) is 1.79. The fourth-order valence-corrected chi connectivity index (χ4v) is 3.55. The van der Waals surface area contributed by atoms with Crippen molar-refractivity contribution in [3.8, 4) is 0 Å². The van der Waals surface area contributed by atoms with E-state index in [0.29, 0.717) is 12.5 Å². The van der Waals surface area contributed by atoms with Gasteiger partial charge in [-0.25, -0.2) is 0 Å². The molecule has 1 unspecified atom stereocenters. The molecule has 1 aromatic rings. The van der Waals surface area contributed by atoms with E-state index in [1.54, 1.807) is 6.92 Å². The van der Waals surface area contributed by atoms with Crippen LogP contribution in [-0.4, -0.2) is 33.3 Å². The van der Waals surface area contributed by atoms with Gasteiger partial charge in [0.1, 0.15) is 0 Å². The lowest BCUT2D eigenvalue weighted by Crippen LogP contribution is -2.45. The van der Waals surface area contributed by atoms with E-state index in [1.807, 2.05) is 13.8 Å². The lowest BCUT2D eigenvalue weighted by Gasteiger charge is -2.12. The Morgan fingerprint density at radius 1 is 1.27 bits per heavy atom. The molecule has 1 atom stereocenters. The first kappa shape index (κ1) is 17.0. The molecule has 0 spiro atoms. The molecule has 1 heterocycles. The van der Waals surface area contributed by atoms with Crippen molar-refractivity contribution in [2.45, 2.75) is 55.7 Å². The number of thioether (sulfide) groups is 1. The minimum atomic E-state index is -0.360. The highest BCUT2D eigenvalue weighted by atomic mass is 32.2. The van der Waals surface area contributed by atoms with Crippen molar-refractivity contribution in [1.82, 2.24) is 21.0 Å². The van der Waals surface area contributed by atoms with Gasteiger partial charge >= 0.3 is 0 Å². The molecule has 1 fully saturated rings. The monoisotopic (exact) mass is 343 g/mol. The van der Waals surface area contributed by atoms with Crippen molar-refractivity contribution in [3.05, 3.63) is 0 Å². The Morgan fingerprint density at radius 2 is 2.00 bits per heavy atom. The summed E-state index contributed by atoms with van der Waals surface area (Å²) in [6.07, 6.45) is 2.74. The maximum Gasteiger partial charge on any atom is 0.251 e. The first-order chi connectivity index (χ1) is 10.4. The second-order valence-electron chi connectivity index (χ2n) is 5.69. The molecule has 0 aliphatic heterocycles. The number of amides is 2. The number of rotatable bonds is 7. The Labute approximate surface area is 138 Å². The van der Waals surface area contributed by atoms with E-state index in [-0.39, 0.29) is 23.0 Å². The van der Waals surface area contributed by atoms with E-state index in [4.69, 9.17) is 0 Å². The van der Waals surface area contributed by atoms with Gasteiger partial charge in [-0.15, -0.1) is 10.2 Å². The smallest absolute Gasteiger partial charge is 0.251 e. The molecule has 1 aromatic heterocycles. The molecule has 2 amide bonds. The van der Waals surface area contributed by atoms with Crippen LogP contribution >= 0.6 is 23.1 Å². The maximum absolute atomic E-state index is 11.9. The van der Waals surface area contributed by atoms with Gasteiger partial charge in [-0.05, 0) is 25.7 Å². The molecule has 122 valence electrons. The average Bonchev–Trinajstić information content (AvgIpc) is 3.14. The van der Waals surface area contributed by atoms with Crippen LogP contribution in [0, 0.1) is 5.92 Å². The van der Waals surface area contributed by atoms with Gasteiger partial charge in [-0.2, -0.15) is 0 Å². The lowest BCUT2D eigenvalue weighted by atomic mass is 10.1. The third-order valence-electron chi connectivity index (χ3n) is 2.88. The molecule has 1 aliphatic rings. The third-order valence-corrected chi connectivity index (χ3v) is 4.92. The standard InChI is InChI=1S/C13H21N5O2S2/c1-7(2)6-10(19)15-16-11(20)8(3)21-13-18-17-12(22-13)14-9-4-5-9/h7-9H,4-6H2,1-3H3,(H,14,17)(H,15,19)(H,16,20). The topological polar surface area (TPSA) is 96.0 Å². The summed E-state index contributed by atoms with van der Waals surface area (Å²) >= 11 is 2.77. The Balaban J connectivity index is 1.73. The highest BCUT2D eigenvalue weighted by molar-refractivity contribution is 8.02. The summed E-state index contributed by atoms with van der Waals surface area (Å²) in [6, 6.07) is 0.530. The van der Waals surface area contributed by atoms with Crippen LogP contribution in [0.5, 0.6) is 0 Å². The molecule has 22 heavy (non-hydrogen) atoms. The second kappa shape index (κ2) is 7.77. The number of hydrogen-bond acceptors (Lipinski definition) is 7. The molecular formula is C13H21N5O2S2.